The van der Waals surface area contributed by atoms with E-state index >= 15 is 0 Å². The third-order valence-electron chi connectivity index (χ3n) is 5.88. The van der Waals surface area contributed by atoms with Crippen molar-refractivity contribution in [3.8, 4) is 17.1 Å². The van der Waals surface area contributed by atoms with Gasteiger partial charge in [0.1, 0.15) is 5.58 Å². The second kappa shape index (κ2) is 9.18. The first kappa shape index (κ1) is 23.3. The van der Waals surface area contributed by atoms with E-state index in [-0.39, 0.29) is 29.1 Å². The lowest BCUT2D eigenvalue weighted by atomic mass is 9.86. The molecule has 4 rings (SSSR count). The lowest BCUT2D eigenvalue weighted by Crippen LogP contribution is -2.22. The van der Waals surface area contributed by atoms with Crippen LogP contribution in [0.2, 0.25) is 0 Å². The van der Waals surface area contributed by atoms with Gasteiger partial charge in [-0.2, -0.15) is 0 Å². The molecule has 34 heavy (non-hydrogen) atoms. The van der Waals surface area contributed by atoms with Crippen LogP contribution in [-0.2, 0) is 10.2 Å². The molecule has 1 heterocycles. The Morgan fingerprint density at radius 3 is 2.24 bits per heavy atom. The highest BCUT2D eigenvalue weighted by molar-refractivity contribution is 5.92. The van der Waals surface area contributed by atoms with Gasteiger partial charge in [0.05, 0.1) is 5.39 Å². The molecule has 1 aromatic heterocycles. The molecule has 0 atom stereocenters. The molecular weight excluding hydrogens is 426 g/mol. The highest BCUT2D eigenvalue weighted by atomic mass is 16.5. The minimum absolute atomic E-state index is 0.00769. The maximum Gasteiger partial charge on any atom is 0.262 e. The van der Waals surface area contributed by atoms with Crippen molar-refractivity contribution >= 4 is 22.6 Å². The summed E-state index contributed by atoms with van der Waals surface area (Å²) in [5.41, 5.74) is 4.72. The van der Waals surface area contributed by atoms with E-state index in [0.29, 0.717) is 28.0 Å². The van der Waals surface area contributed by atoms with Crippen LogP contribution in [0.5, 0.6) is 5.75 Å². The van der Waals surface area contributed by atoms with Gasteiger partial charge >= 0.3 is 0 Å². The molecule has 0 aliphatic carbocycles. The zero-order valence-electron chi connectivity index (χ0n) is 20.2. The topological polar surface area (TPSA) is 68.5 Å². The Morgan fingerprint density at radius 1 is 0.941 bits per heavy atom. The van der Waals surface area contributed by atoms with Crippen molar-refractivity contribution in [1.82, 2.24) is 0 Å². The van der Waals surface area contributed by atoms with Crippen LogP contribution in [0.3, 0.4) is 0 Å². The molecule has 0 radical (unpaired) electrons. The van der Waals surface area contributed by atoms with Crippen LogP contribution in [0.4, 0.5) is 5.69 Å². The van der Waals surface area contributed by atoms with Crippen molar-refractivity contribution in [1.29, 1.82) is 0 Å². The largest absolute Gasteiger partial charge is 0.476 e. The molecule has 0 saturated heterocycles. The van der Waals surface area contributed by atoms with Crippen molar-refractivity contribution in [3.63, 3.8) is 0 Å². The zero-order valence-corrected chi connectivity index (χ0v) is 20.2. The summed E-state index contributed by atoms with van der Waals surface area (Å²) in [6, 6.07) is 20.7. The number of benzene rings is 3. The van der Waals surface area contributed by atoms with Gasteiger partial charge in [-0.05, 0) is 60.2 Å². The zero-order chi connectivity index (χ0) is 24.5. The van der Waals surface area contributed by atoms with Crippen molar-refractivity contribution in [3.05, 3.63) is 93.6 Å². The molecule has 5 heteroatoms. The maximum absolute atomic E-state index is 13.5. The van der Waals surface area contributed by atoms with Gasteiger partial charge in [-0.3, -0.25) is 9.59 Å². The molecule has 0 aliphatic heterocycles. The highest BCUT2D eigenvalue weighted by Crippen LogP contribution is 2.33. The average Bonchev–Trinajstić information content (AvgIpc) is 2.80. The maximum atomic E-state index is 13.5. The lowest BCUT2D eigenvalue weighted by Gasteiger charge is -2.19. The molecule has 0 aliphatic rings. The van der Waals surface area contributed by atoms with Gasteiger partial charge in [0.2, 0.25) is 11.2 Å². The second-order valence-corrected chi connectivity index (χ2v) is 9.55. The number of carbonyl (C=O) groups excluding carboxylic acids is 1. The molecule has 3 aromatic carbocycles. The number of fused-ring (bicyclic) bond motifs is 1. The Hall–Kier alpha value is -3.86. The summed E-state index contributed by atoms with van der Waals surface area (Å²) in [5.74, 6) is -0.0176. The third-order valence-corrected chi connectivity index (χ3v) is 5.88. The van der Waals surface area contributed by atoms with Gasteiger partial charge < -0.3 is 14.5 Å². The Kier molecular flexibility index (Phi) is 6.29. The Bertz CT molecular complexity index is 1400. The third kappa shape index (κ3) is 4.88. The predicted molar refractivity (Wildman–Crippen MR) is 137 cm³/mol. The number of ether oxygens (including phenoxy) is 1. The van der Waals surface area contributed by atoms with Crippen LogP contribution < -0.4 is 15.5 Å². The van der Waals surface area contributed by atoms with Gasteiger partial charge in [0.25, 0.3) is 5.91 Å². The van der Waals surface area contributed by atoms with Crippen LogP contribution in [0.25, 0.3) is 22.3 Å². The summed E-state index contributed by atoms with van der Waals surface area (Å²) in [4.78, 5) is 26.0. The summed E-state index contributed by atoms with van der Waals surface area (Å²) in [7, 11) is 0. The lowest BCUT2D eigenvalue weighted by molar-refractivity contribution is -0.118. The van der Waals surface area contributed by atoms with Gasteiger partial charge in [0, 0.05) is 11.3 Å². The second-order valence-electron chi connectivity index (χ2n) is 9.55. The van der Waals surface area contributed by atoms with E-state index in [2.05, 4.69) is 26.1 Å². The van der Waals surface area contributed by atoms with Crippen molar-refractivity contribution in [2.45, 2.75) is 40.0 Å². The average molecular weight is 456 g/mol. The van der Waals surface area contributed by atoms with Crippen LogP contribution in [0.15, 0.2) is 75.9 Å². The quantitative estimate of drug-likeness (QED) is 0.378. The van der Waals surface area contributed by atoms with Crippen LogP contribution in [0, 0.1) is 13.8 Å². The first-order valence-corrected chi connectivity index (χ1v) is 11.3. The number of rotatable bonds is 5. The van der Waals surface area contributed by atoms with Crippen molar-refractivity contribution in [2.75, 3.05) is 11.9 Å². The fourth-order valence-electron chi connectivity index (χ4n) is 3.73. The Morgan fingerprint density at radius 2 is 1.59 bits per heavy atom. The summed E-state index contributed by atoms with van der Waals surface area (Å²) >= 11 is 0. The monoisotopic (exact) mass is 455 g/mol. The Balaban J connectivity index is 1.75. The van der Waals surface area contributed by atoms with E-state index in [1.807, 2.05) is 62.4 Å². The summed E-state index contributed by atoms with van der Waals surface area (Å²) in [5, 5.41) is 3.20. The number of hydrogen-bond acceptors (Lipinski definition) is 4. The summed E-state index contributed by atoms with van der Waals surface area (Å²) in [6.07, 6.45) is 0. The van der Waals surface area contributed by atoms with E-state index in [1.54, 1.807) is 18.2 Å². The molecule has 174 valence electrons. The molecule has 0 bridgehead atoms. The number of aryl methyl sites for hydroxylation is 2. The summed E-state index contributed by atoms with van der Waals surface area (Å²) < 4.78 is 12.0. The van der Waals surface area contributed by atoms with E-state index < -0.39 is 0 Å². The molecule has 4 aromatic rings. The van der Waals surface area contributed by atoms with Crippen molar-refractivity contribution in [2.24, 2.45) is 0 Å². The SMILES string of the molecule is Cc1cc2oc(-c3ccc(C(C)(C)C)cc3)c(OCC(=O)Nc3ccccc3)c(=O)c2cc1C. The standard InChI is InChI=1S/C29H29NO4/c1-18-15-23-24(16-19(18)2)34-27(20-11-13-21(14-12-20)29(3,4)5)28(26(23)32)33-17-25(31)30-22-9-7-6-8-10-22/h6-16H,17H2,1-5H3,(H,30,31). The van der Waals surface area contributed by atoms with Gasteiger partial charge in [0.15, 0.2) is 12.4 Å². The van der Waals surface area contributed by atoms with E-state index in [4.69, 9.17) is 9.15 Å². The van der Waals surface area contributed by atoms with Gasteiger partial charge in [-0.15, -0.1) is 0 Å². The molecule has 1 amide bonds. The van der Waals surface area contributed by atoms with E-state index in [0.717, 1.165) is 16.7 Å². The minimum atomic E-state index is -0.361. The molecule has 5 nitrogen and oxygen atoms in total. The first-order valence-electron chi connectivity index (χ1n) is 11.3. The number of amides is 1. The van der Waals surface area contributed by atoms with Crippen LogP contribution in [0.1, 0.15) is 37.5 Å². The van der Waals surface area contributed by atoms with E-state index in [1.165, 1.54) is 0 Å². The van der Waals surface area contributed by atoms with Gasteiger partial charge in [-0.1, -0.05) is 63.2 Å². The normalized spacial score (nSPS) is 11.4. The number of nitrogens with one attached hydrogen (secondary N) is 1. The number of anilines is 1. The molecule has 0 spiro atoms. The smallest absolute Gasteiger partial charge is 0.262 e. The molecule has 1 N–H and O–H groups in total. The molecular formula is C29H29NO4. The molecule has 0 unspecified atom stereocenters. The number of para-hydroxylation sites is 1. The van der Waals surface area contributed by atoms with Crippen LogP contribution in [-0.4, -0.2) is 12.5 Å². The Labute approximate surface area is 199 Å². The minimum Gasteiger partial charge on any atom is -0.476 e. The van der Waals surface area contributed by atoms with Gasteiger partial charge in [-0.25, -0.2) is 0 Å². The fraction of sp³-hybridized carbons (Fsp3) is 0.241. The molecule has 0 fully saturated rings. The van der Waals surface area contributed by atoms with E-state index in [9.17, 15) is 9.59 Å². The first-order chi connectivity index (χ1) is 16.1. The van der Waals surface area contributed by atoms with Crippen molar-refractivity contribution < 1.29 is 13.9 Å². The molecule has 0 saturated carbocycles. The fourth-order valence-corrected chi connectivity index (χ4v) is 3.73. The van der Waals surface area contributed by atoms with Crippen LogP contribution >= 0.6 is 0 Å². The highest BCUT2D eigenvalue weighted by Gasteiger charge is 2.21. The summed E-state index contributed by atoms with van der Waals surface area (Å²) in [6.45, 7) is 10.0. The predicted octanol–water partition coefficient (Wildman–Crippen LogP) is 6.39. The number of hydrogen-bond donors (Lipinski definition) is 1. The number of carbonyl (C=O) groups is 1.